The molecular weight excluding hydrogens is 467 g/mol. The average Bonchev–Trinajstić information content (AvgIpc) is 3.05. The van der Waals surface area contributed by atoms with Crippen LogP contribution in [0.5, 0.6) is 0 Å². The predicted octanol–water partition coefficient (Wildman–Crippen LogP) is 5.32. The van der Waals surface area contributed by atoms with Gasteiger partial charge in [-0.3, -0.25) is 4.90 Å². The van der Waals surface area contributed by atoms with E-state index in [1.165, 1.54) is 11.1 Å². The molecule has 1 aliphatic heterocycles. The fraction of sp³-hybridized carbons (Fsp3) is 0.375. The summed E-state index contributed by atoms with van der Waals surface area (Å²) in [5.74, 6) is 0. The van der Waals surface area contributed by atoms with E-state index in [-0.39, 0.29) is 0 Å². The molecule has 1 N–H and O–H groups in total. The number of hydrogen-bond donors (Lipinski definition) is 1. The molecule has 0 radical (unpaired) electrons. The van der Waals surface area contributed by atoms with Gasteiger partial charge in [-0.1, -0.05) is 65.1 Å². The number of halogens is 3. The Labute approximate surface area is 204 Å². The van der Waals surface area contributed by atoms with Crippen molar-refractivity contribution in [2.75, 3.05) is 26.3 Å². The van der Waals surface area contributed by atoms with E-state index >= 15 is 0 Å². The lowest BCUT2D eigenvalue weighted by molar-refractivity contribution is 0.0340. The van der Waals surface area contributed by atoms with Crippen molar-refractivity contribution in [2.45, 2.75) is 33.1 Å². The summed E-state index contributed by atoms with van der Waals surface area (Å²) in [6, 6.07) is 14.0. The Morgan fingerprint density at radius 3 is 2.44 bits per heavy atom. The highest BCUT2D eigenvalue weighted by molar-refractivity contribution is 6.35. The van der Waals surface area contributed by atoms with Gasteiger partial charge in [0.15, 0.2) is 0 Å². The number of aromatic nitrogens is 2. The van der Waals surface area contributed by atoms with Crippen LogP contribution in [0.25, 0.3) is 0 Å². The molecule has 1 saturated heterocycles. The fourth-order valence-corrected chi connectivity index (χ4v) is 4.68. The van der Waals surface area contributed by atoms with Crippen molar-refractivity contribution in [2.24, 2.45) is 0 Å². The number of nitrogens with one attached hydrogen (secondary N) is 1. The number of benzene rings is 2. The highest BCUT2D eigenvalue weighted by Gasteiger charge is 2.16. The van der Waals surface area contributed by atoms with Crippen molar-refractivity contribution in [3.63, 3.8) is 0 Å². The summed E-state index contributed by atoms with van der Waals surface area (Å²) in [4.78, 5) is 2.44. The number of ether oxygens (including phenoxy) is 1. The largest absolute Gasteiger partial charge is 0.379 e. The summed E-state index contributed by atoms with van der Waals surface area (Å²) in [6.45, 7) is 8.41. The highest BCUT2D eigenvalue weighted by atomic mass is 35.5. The Morgan fingerprint density at radius 2 is 1.69 bits per heavy atom. The van der Waals surface area contributed by atoms with Crippen LogP contribution in [0.4, 0.5) is 0 Å². The molecule has 0 amide bonds. The molecule has 0 unspecified atom stereocenters. The molecule has 1 fully saturated rings. The van der Waals surface area contributed by atoms with Crippen LogP contribution in [0, 0.1) is 6.92 Å². The number of aryl methyl sites for hydroxylation is 1. The van der Waals surface area contributed by atoms with Crippen LogP contribution >= 0.6 is 34.8 Å². The summed E-state index contributed by atoms with van der Waals surface area (Å²) in [7, 11) is 0. The maximum atomic E-state index is 6.68. The summed E-state index contributed by atoms with van der Waals surface area (Å²) in [6.07, 6.45) is 0. The third kappa shape index (κ3) is 5.84. The maximum Gasteiger partial charge on any atom is 0.132 e. The molecule has 0 aliphatic carbocycles. The Morgan fingerprint density at radius 1 is 0.938 bits per heavy atom. The van der Waals surface area contributed by atoms with E-state index in [9.17, 15) is 0 Å². The Kier molecular flexibility index (Phi) is 8.11. The smallest absolute Gasteiger partial charge is 0.132 e. The molecule has 3 aromatic rings. The lowest BCUT2D eigenvalue weighted by Crippen LogP contribution is -2.36. The first-order chi connectivity index (χ1) is 15.5. The molecule has 0 spiro atoms. The molecule has 0 bridgehead atoms. The van der Waals surface area contributed by atoms with Crippen molar-refractivity contribution >= 4 is 34.8 Å². The number of hydrogen-bond acceptors (Lipinski definition) is 4. The zero-order chi connectivity index (χ0) is 22.5. The van der Waals surface area contributed by atoms with E-state index in [4.69, 9.17) is 39.5 Å². The van der Waals surface area contributed by atoms with Crippen molar-refractivity contribution in [1.82, 2.24) is 20.0 Å². The van der Waals surface area contributed by atoms with Crippen LogP contribution < -0.4 is 5.32 Å². The molecule has 170 valence electrons. The molecule has 1 aliphatic rings. The van der Waals surface area contributed by atoms with Gasteiger partial charge in [0, 0.05) is 48.3 Å². The second kappa shape index (κ2) is 11.0. The van der Waals surface area contributed by atoms with Crippen LogP contribution in [0.2, 0.25) is 15.2 Å². The standard InChI is InChI=1S/C24H27Cl3N4O/c1-17-22(24(27)31(29-17)16-20-6-7-21(25)12-23(20)26)14-28-13-18-4-2-3-5-19(18)15-30-8-10-32-11-9-30/h2-7,12,28H,8-11,13-16H2,1H3. The summed E-state index contributed by atoms with van der Waals surface area (Å²) >= 11 is 19.0. The molecule has 4 rings (SSSR count). The van der Waals surface area contributed by atoms with Crippen molar-refractivity contribution in [3.8, 4) is 0 Å². The first-order valence-corrected chi connectivity index (χ1v) is 11.9. The van der Waals surface area contributed by atoms with E-state index in [1.54, 1.807) is 10.7 Å². The zero-order valence-electron chi connectivity index (χ0n) is 18.1. The number of rotatable bonds is 8. The minimum Gasteiger partial charge on any atom is -0.379 e. The third-order valence-corrected chi connectivity index (χ3v) is 6.76. The van der Waals surface area contributed by atoms with Gasteiger partial charge >= 0.3 is 0 Å². The van der Waals surface area contributed by atoms with E-state index in [0.717, 1.165) is 56.2 Å². The first kappa shape index (κ1) is 23.6. The number of nitrogens with zero attached hydrogens (tertiary/aromatic N) is 3. The molecule has 1 aromatic heterocycles. The van der Waals surface area contributed by atoms with Crippen LogP contribution in [0.3, 0.4) is 0 Å². The Hall–Kier alpha value is -1.60. The molecular formula is C24H27Cl3N4O. The van der Waals surface area contributed by atoms with Gasteiger partial charge in [-0.05, 0) is 35.7 Å². The van der Waals surface area contributed by atoms with E-state index in [2.05, 4.69) is 39.6 Å². The molecule has 0 saturated carbocycles. The van der Waals surface area contributed by atoms with Gasteiger partial charge in [0.1, 0.15) is 5.15 Å². The van der Waals surface area contributed by atoms with Gasteiger partial charge < -0.3 is 10.1 Å². The molecule has 8 heteroatoms. The molecule has 5 nitrogen and oxygen atoms in total. The topological polar surface area (TPSA) is 42.3 Å². The molecule has 0 atom stereocenters. The van der Waals surface area contributed by atoms with Crippen LogP contribution in [-0.2, 0) is 30.9 Å². The Balaban J connectivity index is 1.39. The Bertz CT molecular complexity index is 1060. The van der Waals surface area contributed by atoms with Gasteiger partial charge in [0.2, 0.25) is 0 Å². The van der Waals surface area contributed by atoms with Gasteiger partial charge in [0.05, 0.1) is 25.5 Å². The molecule has 2 heterocycles. The first-order valence-electron chi connectivity index (χ1n) is 10.7. The lowest BCUT2D eigenvalue weighted by Gasteiger charge is -2.27. The van der Waals surface area contributed by atoms with Crippen LogP contribution in [0.1, 0.15) is 27.9 Å². The number of morpholine rings is 1. The minimum absolute atomic E-state index is 0.498. The highest BCUT2D eigenvalue weighted by Crippen LogP contribution is 2.25. The maximum absolute atomic E-state index is 6.68. The van der Waals surface area contributed by atoms with Gasteiger partial charge in [0.25, 0.3) is 0 Å². The van der Waals surface area contributed by atoms with Crippen molar-refractivity contribution in [1.29, 1.82) is 0 Å². The monoisotopic (exact) mass is 492 g/mol. The SMILES string of the molecule is Cc1nn(Cc2ccc(Cl)cc2Cl)c(Cl)c1CNCc1ccccc1CN1CCOCC1. The second-order valence-corrected chi connectivity index (χ2v) is 9.21. The van der Waals surface area contributed by atoms with E-state index < -0.39 is 0 Å². The third-order valence-electron chi connectivity index (χ3n) is 5.75. The second-order valence-electron chi connectivity index (χ2n) is 8.01. The van der Waals surface area contributed by atoms with Crippen LogP contribution in [-0.4, -0.2) is 41.0 Å². The molecule has 32 heavy (non-hydrogen) atoms. The van der Waals surface area contributed by atoms with Crippen LogP contribution in [0.15, 0.2) is 42.5 Å². The minimum atomic E-state index is 0.498. The predicted molar refractivity (Wildman–Crippen MR) is 131 cm³/mol. The summed E-state index contributed by atoms with van der Waals surface area (Å²) in [5.41, 5.74) is 5.49. The van der Waals surface area contributed by atoms with Gasteiger partial charge in [-0.15, -0.1) is 0 Å². The average molecular weight is 494 g/mol. The van der Waals surface area contributed by atoms with Gasteiger partial charge in [-0.25, -0.2) is 4.68 Å². The van der Waals surface area contributed by atoms with E-state index in [1.807, 2.05) is 19.1 Å². The lowest BCUT2D eigenvalue weighted by atomic mass is 10.1. The quantitative estimate of drug-likeness (QED) is 0.461. The van der Waals surface area contributed by atoms with Gasteiger partial charge in [-0.2, -0.15) is 5.10 Å². The van der Waals surface area contributed by atoms with E-state index in [0.29, 0.717) is 28.3 Å². The zero-order valence-corrected chi connectivity index (χ0v) is 20.3. The summed E-state index contributed by atoms with van der Waals surface area (Å²) < 4.78 is 7.25. The normalized spacial score (nSPS) is 14.8. The fourth-order valence-electron chi connectivity index (χ4n) is 3.91. The van der Waals surface area contributed by atoms with Crippen molar-refractivity contribution in [3.05, 3.63) is 85.6 Å². The molecule has 2 aromatic carbocycles. The van der Waals surface area contributed by atoms with Crippen molar-refractivity contribution < 1.29 is 4.74 Å². The summed E-state index contributed by atoms with van der Waals surface area (Å²) in [5, 5.41) is 10.0.